The van der Waals surface area contributed by atoms with Crippen molar-refractivity contribution in [2.45, 2.75) is 18.6 Å². The molecule has 0 aliphatic carbocycles. The standard InChI is InChI=1S/C8H14N2O2S/c1-9-3-8(13)10-4-7(12)2-6(10)5-11/h5-7,9,12H,2-4H2,1H3/t6-,7?/m0/s1. The van der Waals surface area contributed by atoms with Gasteiger partial charge < -0.3 is 20.1 Å². The minimum atomic E-state index is -0.426. The number of hydrogen-bond donors (Lipinski definition) is 2. The molecule has 0 radical (unpaired) electrons. The number of nitrogens with zero attached hydrogens (tertiary/aromatic N) is 1. The summed E-state index contributed by atoms with van der Waals surface area (Å²) in [5.41, 5.74) is 0. The third-order valence-corrected chi connectivity index (χ3v) is 2.51. The normalized spacial score (nSPS) is 27.7. The lowest BCUT2D eigenvalue weighted by Gasteiger charge is -2.22. The lowest BCUT2D eigenvalue weighted by atomic mass is 10.2. The van der Waals surface area contributed by atoms with Gasteiger partial charge in [-0.25, -0.2) is 0 Å². The Morgan fingerprint density at radius 2 is 2.54 bits per heavy atom. The smallest absolute Gasteiger partial charge is 0.142 e. The quantitative estimate of drug-likeness (QED) is 0.462. The number of aldehydes is 1. The number of β-amino-alcohol motifs (C(OH)–C–C–N with tert-alkyl or cyclic N) is 1. The minimum absolute atomic E-state index is 0.240. The summed E-state index contributed by atoms with van der Waals surface area (Å²) in [7, 11) is 1.80. The molecule has 1 heterocycles. The molecule has 1 rings (SSSR count). The molecule has 2 N–H and O–H groups in total. The van der Waals surface area contributed by atoms with Gasteiger partial charge in [0.15, 0.2) is 0 Å². The summed E-state index contributed by atoms with van der Waals surface area (Å²) in [4.78, 5) is 13.1. The molecule has 0 bridgehead atoms. The summed E-state index contributed by atoms with van der Waals surface area (Å²) in [6.45, 7) is 1.05. The summed E-state index contributed by atoms with van der Waals surface area (Å²) < 4.78 is 0. The first-order chi connectivity index (χ1) is 6.19. The van der Waals surface area contributed by atoms with Gasteiger partial charge in [0, 0.05) is 19.5 Å². The van der Waals surface area contributed by atoms with Crippen LogP contribution in [0.25, 0.3) is 0 Å². The molecular formula is C8H14N2O2S. The van der Waals surface area contributed by atoms with Crippen molar-refractivity contribution in [3.8, 4) is 0 Å². The number of aliphatic hydroxyl groups excluding tert-OH is 1. The topological polar surface area (TPSA) is 52.6 Å². The molecule has 13 heavy (non-hydrogen) atoms. The number of nitrogens with one attached hydrogen (secondary N) is 1. The lowest BCUT2D eigenvalue weighted by molar-refractivity contribution is -0.110. The molecule has 5 heteroatoms. The Morgan fingerprint density at radius 3 is 3.08 bits per heavy atom. The van der Waals surface area contributed by atoms with E-state index in [2.05, 4.69) is 5.32 Å². The Hall–Kier alpha value is -0.520. The summed E-state index contributed by atoms with van der Waals surface area (Å²) in [5, 5.41) is 12.3. The molecule has 2 atom stereocenters. The van der Waals surface area contributed by atoms with Gasteiger partial charge in [-0.15, -0.1) is 0 Å². The first kappa shape index (κ1) is 10.6. The van der Waals surface area contributed by atoms with Gasteiger partial charge in [-0.05, 0) is 7.05 Å². The van der Waals surface area contributed by atoms with Gasteiger partial charge in [-0.3, -0.25) is 0 Å². The Bertz CT molecular complexity index is 210. The first-order valence-corrected chi connectivity index (χ1v) is 4.67. The van der Waals surface area contributed by atoms with E-state index in [4.69, 9.17) is 12.2 Å². The maximum Gasteiger partial charge on any atom is 0.142 e. The average Bonchev–Trinajstić information content (AvgIpc) is 2.47. The number of carbonyl (C=O) groups excluding carboxylic acids is 1. The van der Waals surface area contributed by atoms with E-state index in [1.807, 2.05) is 0 Å². The molecule has 74 valence electrons. The van der Waals surface area contributed by atoms with Crippen LogP contribution in [0.4, 0.5) is 0 Å². The van der Waals surface area contributed by atoms with Crippen molar-refractivity contribution in [1.29, 1.82) is 0 Å². The second-order valence-corrected chi connectivity index (χ2v) is 3.64. The van der Waals surface area contributed by atoms with E-state index in [9.17, 15) is 9.90 Å². The molecule has 0 aromatic carbocycles. The van der Waals surface area contributed by atoms with Crippen LogP contribution in [0.5, 0.6) is 0 Å². The van der Waals surface area contributed by atoms with Gasteiger partial charge in [0.1, 0.15) is 6.29 Å². The number of likely N-dealkylation sites (tertiary alicyclic amines) is 1. The zero-order valence-corrected chi connectivity index (χ0v) is 8.38. The van der Waals surface area contributed by atoms with Crippen LogP contribution in [0, 0.1) is 0 Å². The monoisotopic (exact) mass is 202 g/mol. The predicted octanol–water partition coefficient (Wildman–Crippen LogP) is -0.833. The van der Waals surface area contributed by atoms with Crippen LogP contribution < -0.4 is 5.32 Å². The van der Waals surface area contributed by atoms with Crippen LogP contribution in [0.2, 0.25) is 0 Å². The molecule has 0 amide bonds. The van der Waals surface area contributed by atoms with Crippen LogP contribution in [0.15, 0.2) is 0 Å². The van der Waals surface area contributed by atoms with Gasteiger partial charge >= 0.3 is 0 Å². The zero-order valence-electron chi connectivity index (χ0n) is 7.56. The van der Waals surface area contributed by atoms with E-state index >= 15 is 0 Å². The molecular weight excluding hydrogens is 188 g/mol. The van der Waals surface area contributed by atoms with Crippen molar-refractivity contribution in [2.75, 3.05) is 20.1 Å². The Labute approximate surface area is 82.9 Å². The van der Waals surface area contributed by atoms with E-state index in [0.717, 1.165) is 6.29 Å². The van der Waals surface area contributed by atoms with Crippen molar-refractivity contribution < 1.29 is 9.90 Å². The highest BCUT2D eigenvalue weighted by Crippen LogP contribution is 2.16. The van der Waals surface area contributed by atoms with Gasteiger partial charge in [-0.2, -0.15) is 0 Å². The van der Waals surface area contributed by atoms with Crippen molar-refractivity contribution in [1.82, 2.24) is 10.2 Å². The second-order valence-electron chi connectivity index (χ2n) is 3.17. The number of likely N-dealkylation sites (N-methyl/N-ethyl adjacent to an activating group) is 1. The molecule has 0 spiro atoms. The second kappa shape index (κ2) is 4.64. The third-order valence-electron chi connectivity index (χ3n) is 2.13. The Kier molecular flexibility index (Phi) is 3.77. The molecule has 0 saturated carbocycles. The molecule has 4 nitrogen and oxygen atoms in total. The Balaban J connectivity index is 2.57. The van der Waals surface area contributed by atoms with Crippen molar-refractivity contribution in [3.63, 3.8) is 0 Å². The van der Waals surface area contributed by atoms with Gasteiger partial charge in [0.2, 0.25) is 0 Å². The Morgan fingerprint density at radius 1 is 1.85 bits per heavy atom. The van der Waals surface area contributed by atoms with Crippen LogP contribution in [-0.4, -0.2) is 53.6 Å². The van der Waals surface area contributed by atoms with E-state index in [-0.39, 0.29) is 6.04 Å². The maximum atomic E-state index is 10.6. The first-order valence-electron chi connectivity index (χ1n) is 4.26. The highest BCUT2D eigenvalue weighted by atomic mass is 32.1. The average molecular weight is 202 g/mol. The largest absolute Gasteiger partial charge is 0.391 e. The fourth-order valence-electron chi connectivity index (χ4n) is 1.51. The fourth-order valence-corrected chi connectivity index (χ4v) is 1.87. The number of aliphatic hydroxyl groups is 1. The molecule has 1 fully saturated rings. The maximum absolute atomic E-state index is 10.6. The van der Waals surface area contributed by atoms with Gasteiger partial charge in [-0.1, -0.05) is 12.2 Å². The van der Waals surface area contributed by atoms with Crippen molar-refractivity contribution >= 4 is 23.5 Å². The molecule has 1 saturated heterocycles. The van der Waals surface area contributed by atoms with Crippen LogP contribution in [0.1, 0.15) is 6.42 Å². The fraction of sp³-hybridized carbons (Fsp3) is 0.750. The zero-order chi connectivity index (χ0) is 9.84. The highest BCUT2D eigenvalue weighted by molar-refractivity contribution is 7.80. The van der Waals surface area contributed by atoms with Crippen LogP contribution in [-0.2, 0) is 4.79 Å². The highest BCUT2D eigenvalue weighted by Gasteiger charge is 2.31. The van der Waals surface area contributed by atoms with Gasteiger partial charge in [0.05, 0.1) is 17.1 Å². The van der Waals surface area contributed by atoms with E-state index < -0.39 is 6.10 Å². The molecule has 0 aromatic heterocycles. The number of hydrogen-bond acceptors (Lipinski definition) is 4. The lowest BCUT2D eigenvalue weighted by Crippen LogP contribution is -2.40. The summed E-state index contributed by atoms with van der Waals surface area (Å²) in [6.07, 6.45) is 0.913. The van der Waals surface area contributed by atoms with E-state index in [1.165, 1.54) is 0 Å². The van der Waals surface area contributed by atoms with E-state index in [0.29, 0.717) is 24.5 Å². The van der Waals surface area contributed by atoms with E-state index in [1.54, 1.807) is 11.9 Å². The predicted molar refractivity (Wildman–Crippen MR) is 53.7 cm³/mol. The summed E-state index contributed by atoms with van der Waals surface area (Å²) in [5.74, 6) is 0. The molecule has 0 aromatic rings. The van der Waals surface area contributed by atoms with Crippen LogP contribution in [0.3, 0.4) is 0 Å². The van der Waals surface area contributed by atoms with Crippen molar-refractivity contribution in [3.05, 3.63) is 0 Å². The third kappa shape index (κ3) is 2.46. The molecule has 1 aliphatic heterocycles. The summed E-state index contributed by atoms with van der Waals surface area (Å²) >= 11 is 5.10. The number of carbonyl (C=O) groups is 1. The number of thiocarbonyl (C=S) groups is 1. The summed E-state index contributed by atoms with van der Waals surface area (Å²) in [6, 6.07) is -0.240. The van der Waals surface area contributed by atoms with Crippen molar-refractivity contribution in [2.24, 2.45) is 0 Å². The SMILES string of the molecule is CNCC(=S)N1CC(O)C[C@H]1C=O. The molecule has 1 unspecified atom stereocenters. The minimum Gasteiger partial charge on any atom is -0.391 e. The van der Waals surface area contributed by atoms with Gasteiger partial charge in [0.25, 0.3) is 0 Å². The molecule has 1 aliphatic rings. The van der Waals surface area contributed by atoms with Crippen LogP contribution >= 0.6 is 12.2 Å². The number of rotatable bonds is 3.